The van der Waals surface area contributed by atoms with Crippen molar-refractivity contribution in [1.82, 2.24) is 5.32 Å². The van der Waals surface area contributed by atoms with Gasteiger partial charge in [-0.05, 0) is 17.5 Å². The molecular weight excluding hydrogens is 190 g/mol. The molecule has 0 bridgehead atoms. The molecule has 1 aliphatic rings. The summed E-state index contributed by atoms with van der Waals surface area (Å²) in [5.41, 5.74) is 2.54. The molecule has 1 atom stereocenters. The zero-order valence-electron chi connectivity index (χ0n) is 8.82. The fourth-order valence-corrected chi connectivity index (χ4v) is 1.88. The van der Waals surface area contributed by atoms with Gasteiger partial charge in [0.05, 0.1) is 6.61 Å². The zero-order chi connectivity index (χ0) is 10.7. The van der Waals surface area contributed by atoms with Gasteiger partial charge in [0, 0.05) is 13.5 Å². The predicted octanol–water partition coefficient (Wildman–Crippen LogP) is 1.44. The van der Waals surface area contributed by atoms with Gasteiger partial charge in [0.2, 0.25) is 5.91 Å². The lowest BCUT2D eigenvalue weighted by atomic mass is 9.97. The summed E-state index contributed by atoms with van der Waals surface area (Å²) >= 11 is 0. The molecule has 15 heavy (non-hydrogen) atoms. The van der Waals surface area contributed by atoms with Crippen LogP contribution in [0.2, 0.25) is 0 Å². The number of nitrogens with one attached hydrogen (secondary N) is 1. The SMILES string of the molecule is CC(=O)NCC1OCCc2ccccc21. The van der Waals surface area contributed by atoms with Crippen molar-refractivity contribution in [3.05, 3.63) is 35.4 Å². The Labute approximate surface area is 89.4 Å². The molecule has 1 unspecified atom stereocenters. The third-order valence-corrected chi connectivity index (χ3v) is 2.63. The Morgan fingerprint density at radius 2 is 2.33 bits per heavy atom. The second kappa shape index (κ2) is 4.45. The fourth-order valence-electron chi connectivity index (χ4n) is 1.88. The molecule has 1 amide bonds. The molecule has 2 rings (SSSR count). The maximum Gasteiger partial charge on any atom is 0.216 e. The summed E-state index contributed by atoms with van der Waals surface area (Å²) in [7, 11) is 0. The number of ether oxygens (including phenoxy) is 1. The minimum absolute atomic E-state index is 0.0124. The van der Waals surface area contributed by atoms with Gasteiger partial charge in [0.15, 0.2) is 0 Å². The minimum atomic E-state index is -0.0124. The van der Waals surface area contributed by atoms with Crippen molar-refractivity contribution in [1.29, 1.82) is 0 Å². The van der Waals surface area contributed by atoms with Crippen molar-refractivity contribution in [2.45, 2.75) is 19.4 Å². The van der Waals surface area contributed by atoms with E-state index in [0.717, 1.165) is 13.0 Å². The number of amides is 1. The molecule has 0 saturated carbocycles. The average molecular weight is 205 g/mol. The van der Waals surface area contributed by atoms with E-state index in [2.05, 4.69) is 17.4 Å². The van der Waals surface area contributed by atoms with E-state index in [1.165, 1.54) is 18.1 Å². The number of rotatable bonds is 2. The van der Waals surface area contributed by atoms with Gasteiger partial charge in [-0.15, -0.1) is 0 Å². The smallest absolute Gasteiger partial charge is 0.216 e. The molecule has 1 aliphatic heterocycles. The first-order valence-electron chi connectivity index (χ1n) is 5.21. The molecule has 0 fully saturated rings. The van der Waals surface area contributed by atoms with Gasteiger partial charge in [0.1, 0.15) is 6.10 Å². The molecule has 3 nitrogen and oxygen atoms in total. The first-order valence-corrected chi connectivity index (χ1v) is 5.21. The number of carbonyl (C=O) groups excluding carboxylic acids is 1. The highest BCUT2D eigenvalue weighted by molar-refractivity contribution is 5.72. The molecule has 1 N–H and O–H groups in total. The highest BCUT2D eigenvalue weighted by Gasteiger charge is 2.19. The van der Waals surface area contributed by atoms with Crippen molar-refractivity contribution >= 4 is 5.91 Å². The molecular formula is C12H15NO2. The molecule has 80 valence electrons. The van der Waals surface area contributed by atoms with Gasteiger partial charge in [-0.25, -0.2) is 0 Å². The summed E-state index contributed by atoms with van der Waals surface area (Å²) in [6, 6.07) is 8.24. The fraction of sp³-hybridized carbons (Fsp3) is 0.417. The van der Waals surface area contributed by atoms with Crippen molar-refractivity contribution < 1.29 is 9.53 Å². The summed E-state index contributed by atoms with van der Waals surface area (Å²) in [5, 5.41) is 2.79. The van der Waals surface area contributed by atoms with Crippen LogP contribution < -0.4 is 5.32 Å². The molecule has 0 radical (unpaired) electrons. The number of benzene rings is 1. The van der Waals surface area contributed by atoms with Crippen LogP contribution in [0.1, 0.15) is 24.2 Å². The number of carbonyl (C=O) groups is 1. The number of fused-ring (bicyclic) bond motifs is 1. The van der Waals surface area contributed by atoms with E-state index in [9.17, 15) is 4.79 Å². The van der Waals surface area contributed by atoms with Gasteiger partial charge >= 0.3 is 0 Å². The summed E-state index contributed by atoms with van der Waals surface area (Å²) < 4.78 is 5.64. The first kappa shape index (κ1) is 10.2. The van der Waals surface area contributed by atoms with Crippen LogP contribution in [0.3, 0.4) is 0 Å². The molecule has 0 saturated heterocycles. The third-order valence-electron chi connectivity index (χ3n) is 2.63. The Hall–Kier alpha value is -1.35. The topological polar surface area (TPSA) is 38.3 Å². The summed E-state index contributed by atoms with van der Waals surface area (Å²) in [6.07, 6.45) is 0.978. The van der Waals surface area contributed by atoms with Crippen LogP contribution in [0.4, 0.5) is 0 Å². The Balaban J connectivity index is 2.11. The lowest BCUT2D eigenvalue weighted by Gasteiger charge is -2.26. The normalized spacial score (nSPS) is 19.4. The summed E-state index contributed by atoms with van der Waals surface area (Å²) in [5.74, 6) is -0.0124. The van der Waals surface area contributed by atoms with Gasteiger partial charge in [-0.2, -0.15) is 0 Å². The standard InChI is InChI=1S/C12H15NO2/c1-9(14)13-8-12-11-5-3-2-4-10(11)6-7-15-12/h2-5,12H,6-8H2,1H3,(H,13,14). The monoisotopic (exact) mass is 205 g/mol. The summed E-state index contributed by atoms with van der Waals surface area (Å²) in [4.78, 5) is 10.8. The van der Waals surface area contributed by atoms with Crippen molar-refractivity contribution in [3.8, 4) is 0 Å². The van der Waals surface area contributed by atoms with Crippen molar-refractivity contribution in [2.24, 2.45) is 0 Å². The van der Waals surface area contributed by atoms with Gasteiger partial charge in [-0.1, -0.05) is 24.3 Å². The van der Waals surface area contributed by atoms with Crippen LogP contribution in [0.25, 0.3) is 0 Å². The lowest BCUT2D eigenvalue weighted by molar-refractivity contribution is -0.119. The van der Waals surface area contributed by atoms with Crippen molar-refractivity contribution in [3.63, 3.8) is 0 Å². The highest BCUT2D eigenvalue weighted by Crippen LogP contribution is 2.25. The first-order chi connectivity index (χ1) is 7.27. The second-order valence-corrected chi connectivity index (χ2v) is 3.75. The number of hydrogen-bond acceptors (Lipinski definition) is 2. The molecule has 0 aliphatic carbocycles. The van der Waals surface area contributed by atoms with E-state index >= 15 is 0 Å². The van der Waals surface area contributed by atoms with E-state index in [-0.39, 0.29) is 12.0 Å². The quantitative estimate of drug-likeness (QED) is 0.793. The van der Waals surface area contributed by atoms with Crippen LogP contribution >= 0.6 is 0 Å². The van der Waals surface area contributed by atoms with Crippen LogP contribution in [0, 0.1) is 0 Å². The van der Waals surface area contributed by atoms with E-state index in [1.54, 1.807) is 0 Å². The zero-order valence-corrected chi connectivity index (χ0v) is 8.82. The summed E-state index contributed by atoms with van der Waals surface area (Å²) in [6.45, 7) is 2.82. The highest BCUT2D eigenvalue weighted by atomic mass is 16.5. The molecule has 0 aromatic heterocycles. The lowest BCUT2D eigenvalue weighted by Crippen LogP contribution is -2.30. The molecule has 1 heterocycles. The van der Waals surface area contributed by atoms with E-state index in [4.69, 9.17) is 4.74 Å². The van der Waals surface area contributed by atoms with Crippen LogP contribution in [0.15, 0.2) is 24.3 Å². The Kier molecular flexibility index (Phi) is 3.02. The van der Waals surface area contributed by atoms with Crippen LogP contribution in [-0.2, 0) is 16.0 Å². The van der Waals surface area contributed by atoms with Crippen molar-refractivity contribution in [2.75, 3.05) is 13.2 Å². The minimum Gasteiger partial charge on any atom is -0.371 e. The average Bonchev–Trinajstić information content (AvgIpc) is 2.26. The van der Waals surface area contributed by atoms with Crippen LogP contribution in [-0.4, -0.2) is 19.1 Å². The Morgan fingerprint density at radius 1 is 1.53 bits per heavy atom. The molecule has 3 heteroatoms. The predicted molar refractivity (Wildman–Crippen MR) is 57.5 cm³/mol. The second-order valence-electron chi connectivity index (χ2n) is 3.75. The largest absolute Gasteiger partial charge is 0.371 e. The van der Waals surface area contributed by atoms with E-state index in [0.29, 0.717) is 6.54 Å². The third kappa shape index (κ3) is 2.36. The Bertz CT molecular complexity index is 362. The van der Waals surface area contributed by atoms with Crippen LogP contribution in [0.5, 0.6) is 0 Å². The molecule has 1 aromatic rings. The maximum absolute atomic E-state index is 10.8. The maximum atomic E-state index is 10.8. The molecule has 1 aromatic carbocycles. The van der Waals surface area contributed by atoms with Gasteiger partial charge in [-0.3, -0.25) is 4.79 Å². The van der Waals surface area contributed by atoms with E-state index in [1.807, 2.05) is 12.1 Å². The van der Waals surface area contributed by atoms with Gasteiger partial charge in [0.25, 0.3) is 0 Å². The van der Waals surface area contributed by atoms with E-state index < -0.39 is 0 Å². The Morgan fingerprint density at radius 3 is 3.13 bits per heavy atom. The van der Waals surface area contributed by atoms with Gasteiger partial charge < -0.3 is 10.1 Å². The number of hydrogen-bond donors (Lipinski definition) is 1. The molecule has 0 spiro atoms.